The van der Waals surface area contributed by atoms with Gasteiger partial charge in [0.25, 0.3) is 5.91 Å². The predicted molar refractivity (Wildman–Crippen MR) is 143 cm³/mol. The number of thiazole rings is 1. The smallest absolute Gasteiger partial charge is 0.253 e. The van der Waals surface area contributed by atoms with Crippen molar-refractivity contribution in [3.05, 3.63) is 46.7 Å². The summed E-state index contributed by atoms with van der Waals surface area (Å²) >= 11 is 1.64. The van der Waals surface area contributed by atoms with Crippen LogP contribution in [-0.2, 0) is 13.0 Å². The Morgan fingerprint density at radius 2 is 1.94 bits per heavy atom. The van der Waals surface area contributed by atoms with Crippen LogP contribution < -0.4 is 5.32 Å². The van der Waals surface area contributed by atoms with E-state index in [0.29, 0.717) is 5.92 Å². The van der Waals surface area contributed by atoms with E-state index in [2.05, 4.69) is 60.9 Å². The number of carbonyl (C=O) groups is 1. The molecule has 0 spiro atoms. The Bertz CT molecular complexity index is 1070. The van der Waals surface area contributed by atoms with Gasteiger partial charge in [-0.3, -0.25) is 9.78 Å². The number of carbonyl (C=O) groups excluding carboxylic acids is 1. The first-order valence-electron chi connectivity index (χ1n) is 12.9. The Kier molecular flexibility index (Phi) is 9.87. The zero-order valence-electron chi connectivity index (χ0n) is 21.5. The third-order valence-corrected chi connectivity index (χ3v) is 7.52. The van der Waals surface area contributed by atoms with E-state index in [9.17, 15) is 4.79 Å². The number of aryl methyl sites for hydroxylation is 1. The number of nitrogens with one attached hydrogen (secondary N) is 1. The predicted octanol–water partition coefficient (Wildman–Crippen LogP) is 7.29. The Hall–Kier alpha value is -2.47. The van der Waals surface area contributed by atoms with Gasteiger partial charge in [-0.05, 0) is 50.3 Å². The third kappa shape index (κ3) is 6.35. The number of hydrogen-bond acceptors (Lipinski definition) is 4. The van der Waals surface area contributed by atoms with Gasteiger partial charge in [0.1, 0.15) is 5.01 Å². The van der Waals surface area contributed by atoms with E-state index in [1.807, 2.05) is 18.3 Å². The fraction of sp³-hybridized carbons (Fsp3) is 0.536. The molecule has 0 bridgehead atoms. The van der Waals surface area contributed by atoms with Crippen molar-refractivity contribution < 1.29 is 4.79 Å². The van der Waals surface area contributed by atoms with Gasteiger partial charge >= 0.3 is 0 Å². The highest BCUT2D eigenvalue weighted by atomic mass is 32.1. The normalized spacial score (nSPS) is 12.1. The summed E-state index contributed by atoms with van der Waals surface area (Å²) in [6.45, 7) is 12.4. The van der Waals surface area contributed by atoms with Crippen molar-refractivity contribution in [2.45, 2.75) is 86.1 Å². The molecule has 1 N–H and O–H groups in total. The number of nitrogens with zero attached hydrogens (tertiary/aromatic N) is 3. The van der Waals surface area contributed by atoms with Gasteiger partial charge in [0.05, 0.1) is 17.0 Å². The van der Waals surface area contributed by atoms with Crippen molar-refractivity contribution in [1.82, 2.24) is 19.9 Å². The second-order valence-electron chi connectivity index (χ2n) is 9.09. The standard InChI is InChI=1S/C28H40N4OS/c1-6-10-12-21(8-3)18-30-27(33)24-17-26(32(20(24)5)15-11-7-2)25-19-34-28(31-25)22-13-14-29-23(9-4)16-22/h13-14,16-17,19,21H,6-12,15,18H2,1-5H3,(H,30,33). The van der Waals surface area contributed by atoms with E-state index in [4.69, 9.17) is 4.98 Å². The van der Waals surface area contributed by atoms with Crippen LogP contribution in [0.3, 0.4) is 0 Å². The molecule has 6 heteroatoms. The average Bonchev–Trinajstić information content (AvgIpc) is 3.47. The van der Waals surface area contributed by atoms with Crippen LogP contribution in [0.25, 0.3) is 22.0 Å². The van der Waals surface area contributed by atoms with Crippen molar-refractivity contribution >= 4 is 17.2 Å². The number of aromatic nitrogens is 3. The fourth-order valence-electron chi connectivity index (χ4n) is 4.30. The number of amides is 1. The SMILES string of the molecule is CCCCC(CC)CNC(=O)c1cc(-c2csc(-c3ccnc(CC)c3)n2)n(CCCC)c1C. The van der Waals surface area contributed by atoms with Gasteiger partial charge in [-0.15, -0.1) is 11.3 Å². The maximum absolute atomic E-state index is 13.2. The van der Waals surface area contributed by atoms with Crippen molar-refractivity contribution in [3.63, 3.8) is 0 Å². The lowest BCUT2D eigenvalue weighted by Crippen LogP contribution is -2.29. The summed E-state index contributed by atoms with van der Waals surface area (Å²) in [4.78, 5) is 22.6. The molecule has 0 aliphatic rings. The molecule has 0 radical (unpaired) electrons. The minimum atomic E-state index is 0.0288. The molecule has 3 aromatic rings. The van der Waals surface area contributed by atoms with Crippen molar-refractivity contribution in [1.29, 1.82) is 0 Å². The van der Waals surface area contributed by atoms with E-state index in [0.717, 1.165) is 77.7 Å². The Labute approximate surface area is 209 Å². The van der Waals surface area contributed by atoms with Crippen LogP contribution in [0.1, 0.15) is 88.0 Å². The number of unbranched alkanes of at least 4 members (excludes halogenated alkanes) is 2. The monoisotopic (exact) mass is 480 g/mol. The van der Waals surface area contributed by atoms with Gasteiger partial charge in [-0.25, -0.2) is 4.98 Å². The first-order valence-corrected chi connectivity index (χ1v) is 13.8. The summed E-state index contributed by atoms with van der Waals surface area (Å²) in [5, 5.41) is 6.31. The molecule has 34 heavy (non-hydrogen) atoms. The number of hydrogen-bond donors (Lipinski definition) is 1. The van der Waals surface area contributed by atoms with Gasteiger partial charge in [0, 0.05) is 41.6 Å². The zero-order chi connectivity index (χ0) is 24.5. The lowest BCUT2D eigenvalue weighted by atomic mass is 9.99. The summed E-state index contributed by atoms with van der Waals surface area (Å²) in [5.41, 5.74) is 5.92. The maximum Gasteiger partial charge on any atom is 0.253 e. The molecule has 1 atom stereocenters. The van der Waals surface area contributed by atoms with E-state index < -0.39 is 0 Å². The zero-order valence-corrected chi connectivity index (χ0v) is 22.3. The molecular weight excluding hydrogens is 440 g/mol. The Morgan fingerprint density at radius 3 is 2.65 bits per heavy atom. The number of pyridine rings is 1. The number of rotatable bonds is 13. The van der Waals surface area contributed by atoms with Crippen LogP contribution in [0.5, 0.6) is 0 Å². The first-order chi connectivity index (χ1) is 16.5. The van der Waals surface area contributed by atoms with Gasteiger partial charge in [-0.1, -0.05) is 53.4 Å². The van der Waals surface area contributed by atoms with Crippen molar-refractivity contribution in [2.24, 2.45) is 5.92 Å². The molecule has 0 saturated heterocycles. The van der Waals surface area contributed by atoms with Gasteiger partial charge in [0.2, 0.25) is 0 Å². The largest absolute Gasteiger partial charge is 0.352 e. The highest BCUT2D eigenvalue weighted by Gasteiger charge is 2.21. The molecule has 0 fully saturated rings. The topological polar surface area (TPSA) is 59.8 Å². The van der Waals surface area contributed by atoms with Gasteiger partial charge in [-0.2, -0.15) is 0 Å². The van der Waals surface area contributed by atoms with E-state index >= 15 is 0 Å². The summed E-state index contributed by atoms with van der Waals surface area (Å²) in [7, 11) is 0. The summed E-state index contributed by atoms with van der Waals surface area (Å²) in [6.07, 6.45) is 9.62. The summed E-state index contributed by atoms with van der Waals surface area (Å²) < 4.78 is 2.27. The second-order valence-corrected chi connectivity index (χ2v) is 9.95. The fourth-order valence-corrected chi connectivity index (χ4v) is 5.11. The highest BCUT2D eigenvalue weighted by molar-refractivity contribution is 7.13. The maximum atomic E-state index is 13.2. The van der Waals surface area contributed by atoms with Crippen molar-refractivity contribution in [3.8, 4) is 22.0 Å². The first kappa shape index (κ1) is 26.1. The van der Waals surface area contributed by atoms with Crippen LogP contribution in [0.4, 0.5) is 0 Å². The highest BCUT2D eigenvalue weighted by Crippen LogP contribution is 2.32. The van der Waals surface area contributed by atoms with Crippen LogP contribution in [0.2, 0.25) is 0 Å². The van der Waals surface area contributed by atoms with Crippen LogP contribution in [0, 0.1) is 12.8 Å². The van der Waals surface area contributed by atoms with Crippen LogP contribution >= 0.6 is 11.3 Å². The lowest BCUT2D eigenvalue weighted by molar-refractivity contribution is 0.0945. The molecule has 5 nitrogen and oxygen atoms in total. The minimum Gasteiger partial charge on any atom is -0.352 e. The molecule has 0 saturated carbocycles. The molecule has 0 aliphatic heterocycles. The molecular formula is C28H40N4OS. The van der Waals surface area contributed by atoms with Crippen molar-refractivity contribution in [2.75, 3.05) is 6.54 Å². The summed E-state index contributed by atoms with van der Waals surface area (Å²) in [5.74, 6) is 0.571. The van der Waals surface area contributed by atoms with Gasteiger partial charge < -0.3 is 9.88 Å². The summed E-state index contributed by atoms with van der Waals surface area (Å²) in [6, 6.07) is 6.17. The molecule has 3 heterocycles. The molecule has 3 rings (SSSR count). The van der Waals surface area contributed by atoms with E-state index in [1.165, 1.54) is 19.3 Å². The Morgan fingerprint density at radius 1 is 1.15 bits per heavy atom. The molecule has 1 unspecified atom stereocenters. The van der Waals surface area contributed by atoms with Gasteiger partial charge in [0.15, 0.2) is 0 Å². The molecule has 1 amide bonds. The Balaban J connectivity index is 1.87. The second kappa shape index (κ2) is 12.8. The quantitative estimate of drug-likeness (QED) is 0.279. The molecule has 3 aromatic heterocycles. The molecule has 0 aliphatic carbocycles. The van der Waals surface area contributed by atoms with Crippen LogP contribution in [-0.4, -0.2) is 27.0 Å². The van der Waals surface area contributed by atoms with Crippen LogP contribution in [0.15, 0.2) is 29.8 Å². The molecule has 184 valence electrons. The third-order valence-electron chi connectivity index (χ3n) is 6.63. The molecule has 0 aromatic carbocycles. The average molecular weight is 481 g/mol. The minimum absolute atomic E-state index is 0.0288. The van der Waals surface area contributed by atoms with E-state index in [1.54, 1.807) is 11.3 Å². The lowest BCUT2D eigenvalue weighted by Gasteiger charge is -2.15. The van der Waals surface area contributed by atoms with E-state index in [-0.39, 0.29) is 5.91 Å².